The summed E-state index contributed by atoms with van der Waals surface area (Å²) in [4.78, 5) is 19.8. The molecule has 1 fully saturated rings. The first-order chi connectivity index (χ1) is 16.2. The van der Waals surface area contributed by atoms with Crippen molar-refractivity contribution in [1.29, 1.82) is 0 Å². The Morgan fingerprint density at radius 3 is 2.33 bits per heavy atom. The summed E-state index contributed by atoms with van der Waals surface area (Å²) in [5, 5.41) is 15.9. The van der Waals surface area contributed by atoms with Crippen molar-refractivity contribution in [2.45, 2.75) is 30.9 Å². The molecule has 6 heteroatoms. The van der Waals surface area contributed by atoms with Crippen LogP contribution in [0.2, 0.25) is 0 Å². The SMILES string of the molecule is O=[N+]([O-])c1ccc(C2=NO[C@@]3(N4CCCCC4)c4ccccc4[C@H](c4ccccc4)[C@@H]23)cc1. The number of oxime groups is 1. The Labute approximate surface area is 192 Å². The first-order valence-electron chi connectivity index (χ1n) is 11.6. The van der Waals surface area contributed by atoms with Crippen LogP contribution in [0.25, 0.3) is 0 Å². The number of piperidine rings is 1. The third kappa shape index (κ3) is 3.01. The molecule has 2 aliphatic heterocycles. The first kappa shape index (κ1) is 20.1. The van der Waals surface area contributed by atoms with E-state index in [0.29, 0.717) is 0 Å². The lowest BCUT2D eigenvalue weighted by atomic mass is 9.78. The highest BCUT2D eigenvalue weighted by Gasteiger charge is 2.63. The lowest BCUT2D eigenvalue weighted by Crippen LogP contribution is -2.52. The van der Waals surface area contributed by atoms with E-state index >= 15 is 0 Å². The predicted octanol–water partition coefficient (Wildman–Crippen LogP) is 5.43. The minimum absolute atomic E-state index is 0.0446. The Hall–Kier alpha value is -3.51. The van der Waals surface area contributed by atoms with Gasteiger partial charge in [-0.1, -0.05) is 66.2 Å². The molecule has 166 valence electrons. The van der Waals surface area contributed by atoms with Gasteiger partial charge in [0.2, 0.25) is 5.72 Å². The fraction of sp³-hybridized carbons (Fsp3) is 0.296. The van der Waals surface area contributed by atoms with Crippen LogP contribution in [-0.2, 0) is 10.6 Å². The maximum atomic E-state index is 11.2. The lowest BCUT2D eigenvalue weighted by Gasteiger charge is -2.42. The molecule has 3 aromatic rings. The maximum Gasteiger partial charge on any atom is 0.269 e. The van der Waals surface area contributed by atoms with Crippen LogP contribution in [0.3, 0.4) is 0 Å². The molecule has 6 nitrogen and oxygen atoms in total. The number of rotatable bonds is 4. The van der Waals surface area contributed by atoms with Crippen LogP contribution < -0.4 is 0 Å². The molecule has 33 heavy (non-hydrogen) atoms. The highest BCUT2D eigenvalue weighted by atomic mass is 16.7. The zero-order valence-electron chi connectivity index (χ0n) is 18.3. The third-order valence-corrected chi connectivity index (χ3v) is 7.37. The van der Waals surface area contributed by atoms with Crippen LogP contribution in [0.5, 0.6) is 0 Å². The fourth-order valence-corrected chi connectivity index (χ4v) is 5.96. The van der Waals surface area contributed by atoms with E-state index in [0.717, 1.165) is 37.2 Å². The lowest BCUT2D eigenvalue weighted by molar-refractivity contribution is -0.384. The number of hydrogen-bond donors (Lipinski definition) is 0. The third-order valence-electron chi connectivity index (χ3n) is 7.37. The van der Waals surface area contributed by atoms with Crippen molar-refractivity contribution in [3.8, 4) is 0 Å². The minimum atomic E-state index is -0.658. The summed E-state index contributed by atoms with van der Waals surface area (Å²) in [5.74, 6) is 0.0395. The number of benzene rings is 3. The van der Waals surface area contributed by atoms with Crippen molar-refractivity contribution in [2.24, 2.45) is 11.1 Å². The smallest absolute Gasteiger partial charge is 0.269 e. The Morgan fingerprint density at radius 2 is 1.61 bits per heavy atom. The summed E-state index contributed by atoms with van der Waals surface area (Å²) in [6.07, 6.45) is 3.52. The normalized spacial score (nSPS) is 26.2. The molecule has 0 N–H and O–H groups in total. The van der Waals surface area contributed by atoms with Crippen LogP contribution in [0.15, 0.2) is 84.0 Å². The predicted molar refractivity (Wildman–Crippen MR) is 126 cm³/mol. The Kier molecular flexibility index (Phi) is 4.76. The molecule has 0 bridgehead atoms. The van der Waals surface area contributed by atoms with Gasteiger partial charge in [-0.05, 0) is 36.1 Å². The Bertz CT molecular complexity index is 1220. The number of nitro groups is 1. The van der Waals surface area contributed by atoms with E-state index in [4.69, 9.17) is 9.99 Å². The Balaban J connectivity index is 1.54. The van der Waals surface area contributed by atoms with E-state index in [1.54, 1.807) is 24.3 Å². The number of nitrogens with zero attached hydrogens (tertiary/aromatic N) is 3. The quantitative estimate of drug-likeness (QED) is 0.402. The van der Waals surface area contributed by atoms with Gasteiger partial charge in [-0.3, -0.25) is 15.0 Å². The van der Waals surface area contributed by atoms with E-state index in [9.17, 15) is 10.1 Å². The van der Waals surface area contributed by atoms with Crippen molar-refractivity contribution in [1.82, 2.24) is 4.90 Å². The molecule has 0 unspecified atom stereocenters. The Morgan fingerprint density at radius 1 is 0.909 bits per heavy atom. The van der Waals surface area contributed by atoms with Crippen LogP contribution in [0.1, 0.15) is 47.4 Å². The second kappa shape index (κ2) is 7.81. The molecule has 3 aromatic carbocycles. The van der Waals surface area contributed by atoms with Gasteiger partial charge >= 0.3 is 0 Å². The molecule has 6 rings (SSSR count). The minimum Gasteiger partial charge on any atom is -0.367 e. The molecule has 3 aliphatic rings. The zero-order chi connectivity index (χ0) is 22.4. The van der Waals surface area contributed by atoms with Crippen molar-refractivity contribution >= 4 is 11.4 Å². The van der Waals surface area contributed by atoms with Gasteiger partial charge in [0.05, 0.1) is 16.6 Å². The van der Waals surface area contributed by atoms with E-state index in [-0.39, 0.29) is 22.4 Å². The average molecular weight is 440 g/mol. The second-order valence-electron chi connectivity index (χ2n) is 9.07. The fourth-order valence-electron chi connectivity index (χ4n) is 5.96. The van der Waals surface area contributed by atoms with Crippen molar-refractivity contribution in [3.63, 3.8) is 0 Å². The topological polar surface area (TPSA) is 68.0 Å². The molecule has 0 radical (unpaired) electrons. The summed E-state index contributed by atoms with van der Waals surface area (Å²) in [7, 11) is 0. The zero-order valence-corrected chi connectivity index (χ0v) is 18.3. The molecular formula is C27H25N3O3. The monoisotopic (exact) mass is 439 g/mol. The molecule has 0 aromatic heterocycles. The number of nitro benzene ring substituents is 1. The van der Waals surface area contributed by atoms with Gasteiger partial charge in [-0.25, -0.2) is 0 Å². The first-order valence-corrected chi connectivity index (χ1v) is 11.6. The number of non-ortho nitro benzene ring substituents is 1. The summed E-state index contributed by atoms with van der Waals surface area (Å²) in [6, 6.07) is 25.9. The van der Waals surface area contributed by atoms with Gasteiger partial charge in [-0.15, -0.1) is 0 Å². The van der Waals surface area contributed by atoms with E-state index in [1.807, 2.05) is 6.07 Å². The van der Waals surface area contributed by atoms with Crippen molar-refractivity contribution in [3.05, 3.63) is 111 Å². The van der Waals surface area contributed by atoms with Gasteiger partial charge in [-0.2, -0.15) is 0 Å². The summed E-state index contributed by atoms with van der Waals surface area (Å²) >= 11 is 0. The molecule has 0 saturated carbocycles. The summed E-state index contributed by atoms with van der Waals surface area (Å²) < 4.78 is 0. The molecule has 3 atom stereocenters. The van der Waals surface area contributed by atoms with Crippen LogP contribution in [-0.4, -0.2) is 28.6 Å². The van der Waals surface area contributed by atoms with Gasteiger partial charge in [0.1, 0.15) is 0 Å². The number of hydrogen-bond acceptors (Lipinski definition) is 5. The van der Waals surface area contributed by atoms with Crippen LogP contribution in [0, 0.1) is 16.0 Å². The van der Waals surface area contributed by atoms with Crippen molar-refractivity contribution in [2.75, 3.05) is 13.1 Å². The molecular weight excluding hydrogens is 414 g/mol. The van der Waals surface area contributed by atoms with E-state index in [1.165, 1.54) is 23.1 Å². The van der Waals surface area contributed by atoms with E-state index in [2.05, 4.69) is 53.4 Å². The van der Waals surface area contributed by atoms with Crippen LogP contribution >= 0.6 is 0 Å². The molecule has 0 amide bonds. The highest BCUT2D eigenvalue weighted by Crippen LogP contribution is 2.59. The largest absolute Gasteiger partial charge is 0.367 e. The molecule has 2 heterocycles. The molecule has 0 spiro atoms. The van der Waals surface area contributed by atoms with E-state index < -0.39 is 5.72 Å². The highest BCUT2D eigenvalue weighted by molar-refractivity contribution is 6.05. The summed E-state index contributed by atoms with van der Waals surface area (Å²) in [6.45, 7) is 1.94. The van der Waals surface area contributed by atoms with Crippen molar-refractivity contribution < 1.29 is 9.76 Å². The summed E-state index contributed by atoms with van der Waals surface area (Å²) in [5.41, 5.74) is 4.84. The maximum absolute atomic E-state index is 11.2. The van der Waals surface area contributed by atoms with Gasteiger partial charge in [0, 0.05) is 42.3 Å². The number of fused-ring (bicyclic) bond motifs is 3. The standard InChI is InChI=1S/C27H25N3O3/c31-30(32)21-15-13-20(14-16-21)26-25-24(19-9-3-1-4-10-19)22-11-5-6-12-23(22)27(25,33-28-26)29-17-7-2-8-18-29/h1,3-6,9-16,24-25H,2,7-8,17-18H2/t24-,25-,27-/m0/s1. The van der Waals surface area contributed by atoms with Gasteiger partial charge < -0.3 is 4.84 Å². The molecule has 1 saturated heterocycles. The number of likely N-dealkylation sites (tertiary alicyclic amines) is 1. The molecule has 1 aliphatic carbocycles. The average Bonchev–Trinajstić information content (AvgIpc) is 3.39. The van der Waals surface area contributed by atoms with Gasteiger partial charge in [0.15, 0.2) is 0 Å². The second-order valence-corrected chi connectivity index (χ2v) is 9.07. The van der Waals surface area contributed by atoms with Crippen LogP contribution in [0.4, 0.5) is 5.69 Å². The van der Waals surface area contributed by atoms with Gasteiger partial charge in [0.25, 0.3) is 5.69 Å².